The van der Waals surface area contributed by atoms with Gasteiger partial charge in [0.05, 0.1) is 18.2 Å². The smallest absolute Gasteiger partial charge is 0.410 e. The van der Waals surface area contributed by atoms with Crippen LogP contribution in [0.4, 0.5) is 4.79 Å². The Hall–Kier alpha value is -3.53. The van der Waals surface area contributed by atoms with Gasteiger partial charge in [-0.15, -0.1) is 0 Å². The summed E-state index contributed by atoms with van der Waals surface area (Å²) in [6.45, 7) is 2.57. The molecule has 1 heterocycles. The molecule has 0 atom stereocenters. The summed E-state index contributed by atoms with van der Waals surface area (Å²) in [6, 6.07) is 18.5. The molecule has 3 rings (SSSR count). The van der Waals surface area contributed by atoms with Crippen molar-refractivity contribution in [1.82, 2.24) is 9.80 Å². The van der Waals surface area contributed by atoms with E-state index in [0.29, 0.717) is 50.5 Å². The standard InChI is InChI=1S/C23H25N3O4/c24-17-19-7-9-21(10-8-19)29-16-4-12-25-14-15-26(13-11-22(25)27)23(28)30-18-20-5-2-1-3-6-20/h1-3,5-10H,4,11-16,18H2. The summed E-state index contributed by atoms with van der Waals surface area (Å²) >= 11 is 0. The molecule has 0 unspecified atom stereocenters. The third-order valence-electron chi connectivity index (χ3n) is 4.88. The molecule has 0 aliphatic carbocycles. The number of carbonyl (C=O) groups excluding carboxylic acids is 2. The Balaban J connectivity index is 1.39. The Morgan fingerprint density at radius 2 is 1.80 bits per heavy atom. The van der Waals surface area contributed by atoms with Crippen LogP contribution in [0.1, 0.15) is 24.0 Å². The molecule has 0 bridgehead atoms. The lowest BCUT2D eigenvalue weighted by Crippen LogP contribution is -2.36. The van der Waals surface area contributed by atoms with E-state index in [0.717, 1.165) is 5.56 Å². The summed E-state index contributed by atoms with van der Waals surface area (Å²) in [5.74, 6) is 0.732. The Kier molecular flexibility index (Phi) is 7.67. The molecule has 2 amide bonds. The number of hydrogen-bond donors (Lipinski definition) is 0. The van der Waals surface area contributed by atoms with E-state index < -0.39 is 6.09 Å². The van der Waals surface area contributed by atoms with Gasteiger partial charge in [0.15, 0.2) is 0 Å². The van der Waals surface area contributed by atoms with Crippen molar-refractivity contribution in [3.8, 4) is 11.8 Å². The highest BCUT2D eigenvalue weighted by atomic mass is 16.6. The van der Waals surface area contributed by atoms with Gasteiger partial charge in [-0.3, -0.25) is 4.79 Å². The average Bonchev–Trinajstić information content (AvgIpc) is 2.97. The zero-order chi connectivity index (χ0) is 21.2. The second-order valence-corrected chi connectivity index (χ2v) is 7.00. The van der Waals surface area contributed by atoms with Crippen molar-refractivity contribution in [2.75, 3.05) is 32.8 Å². The van der Waals surface area contributed by atoms with Crippen molar-refractivity contribution >= 4 is 12.0 Å². The molecule has 30 heavy (non-hydrogen) atoms. The molecule has 156 valence electrons. The molecule has 1 fully saturated rings. The topological polar surface area (TPSA) is 82.9 Å². The zero-order valence-corrected chi connectivity index (χ0v) is 16.8. The highest BCUT2D eigenvalue weighted by molar-refractivity contribution is 5.78. The minimum absolute atomic E-state index is 0.0340. The molecular formula is C23H25N3O4. The fourth-order valence-electron chi connectivity index (χ4n) is 3.17. The zero-order valence-electron chi connectivity index (χ0n) is 16.8. The maximum atomic E-state index is 12.4. The Bertz CT molecular complexity index is 878. The number of rotatable bonds is 7. The maximum absolute atomic E-state index is 12.4. The summed E-state index contributed by atoms with van der Waals surface area (Å²) in [6.07, 6.45) is 0.582. The molecule has 0 N–H and O–H groups in total. The van der Waals surface area contributed by atoms with Crippen LogP contribution in [-0.2, 0) is 16.1 Å². The molecule has 7 heteroatoms. The average molecular weight is 407 g/mol. The first-order chi connectivity index (χ1) is 14.7. The number of hydrogen-bond acceptors (Lipinski definition) is 5. The predicted molar refractivity (Wildman–Crippen MR) is 111 cm³/mol. The van der Waals surface area contributed by atoms with Crippen LogP contribution in [0.15, 0.2) is 54.6 Å². The van der Waals surface area contributed by atoms with Gasteiger partial charge in [0, 0.05) is 32.6 Å². The van der Waals surface area contributed by atoms with E-state index in [1.807, 2.05) is 30.3 Å². The number of benzene rings is 2. The van der Waals surface area contributed by atoms with Gasteiger partial charge in [-0.05, 0) is 36.2 Å². The van der Waals surface area contributed by atoms with Gasteiger partial charge >= 0.3 is 6.09 Å². The van der Waals surface area contributed by atoms with E-state index in [2.05, 4.69) is 6.07 Å². The summed E-state index contributed by atoms with van der Waals surface area (Å²) in [5.41, 5.74) is 1.52. The normalized spacial score (nSPS) is 14.0. The van der Waals surface area contributed by atoms with E-state index in [9.17, 15) is 9.59 Å². The fraction of sp³-hybridized carbons (Fsp3) is 0.348. The minimum Gasteiger partial charge on any atom is -0.494 e. The van der Waals surface area contributed by atoms with Crippen LogP contribution in [0.2, 0.25) is 0 Å². The van der Waals surface area contributed by atoms with E-state index in [1.165, 1.54) is 0 Å². The van der Waals surface area contributed by atoms with Gasteiger partial charge in [-0.2, -0.15) is 5.26 Å². The first kappa shape index (κ1) is 21.2. The second-order valence-electron chi connectivity index (χ2n) is 7.00. The fourth-order valence-corrected chi connectivity index (χ4v) is 3.17. The SMILES string of the molecule is N#Cc1ccc(OCCCN2CCN(C(=O)OCc3ccccc3)CCC2=O)cc1. The lowest BCUT2D eigenvalue weighted by Gasteiger charge is -2.22. The molecular weight excluding hydrogens is 382 g/mol. The highest BCUT2D eigenvalue weighted by Crippen LogP contribution is 2.13. The summed E-state index contributed by atoms with van der Waals surface area (Å²) in [4.78, 5) is 28.1. The molecule has 2 aromatic carbocycles. The van der Waals surface area contributed by atoms with Crippen LogP contribution < -0.4 is 4.74 Å². The van der Waals surface area contributed by atoms with Gasteiger partial charge < -0.3 is 19.3 Å². The van der Waals surface area contributed by atoms with E-state index in [4.69, 9.17) is 14.7 Å². The van der Waals surface area contributed by atoms with Crippen molar-refractivity contribution < 1.29 is 19.1 Å². The van der Waals surface area contributed by atoms with Crippen molar-refractivity contribution in [2.24, 2.45) is 0 Å². The number of ether oxygens (including phenoxy) is 2. The first-order valence-corrected chi connectivity index (χ1v) is 10.0. The van der Waals surface area contributed by atoms with Gasteiger partial charge in [-0.25, -0.2) is 4.79 Å². The van der Waals surface area contributed by atoms with Gasteiger partial charge in [0.2, 0.25) is 5.91 Å². The number of carbonyl (C=O) groups is 2. The Morgan fingerprint density at radius 1 is 1.03 bits per heavy atom. The summed E-state index contributed by atoms with van der Waals surface area (Å²) in [5, 5.41) is 8.81. The molecule has 7 nitrogen and oxygen atoms in total. The Labute approximate surface area is 176 Å². The third-order valence-corrected chi connectivity index (χ3v) is 4.88. The minimum atomic E-state index is -0.391. The Morgan fingerprint density at radius 3 is 2.53 bits per heavy atom. The molecule has 1 saturated heterocycles. The first-order valence-electron chi connectivity index (χ1n) is 10.0. The molecule has 0 spiro atoms. The second kappa shape index (κ2) is 10.9. The van der Waals surface area contributed by atoms with Crippen molar-refractivity contribution in [1.29, 1.82) is 5.26 Å². The van der Waals surface area contributed by atoms with E-state index in [1.54, 1.807) is 34.1 Å². The van der Waals surface area contributed by atoms with Crippen molar-refractivity contribution in [3.05, 3.63) is 65.7 Å². The van der Waals surface area contributed by atoms with E-state index >= 15 is 0 Å². The molecule has 1 aliphatic rings. The monoisotopic (exact) mass is 407 g/mol. The van der Waals surface area contributed by atoms with Gasteiger partial charge in [0.25, 0.3) is 0 Å². The van der Waals surface area contributed by atoms with Gasteiger partial charge in [-0.1, -0.05) is 30.3 Å². The lowest BCUT2D eigenvalue weighted by atomic mass is 10.2. The van der Waals surface area contributed by atoms with Crippen molar-refractivity contribution in [2.45, 2.75) is 19.4 Å². The number of nitrogens with zero attached hydrogens (tertiary/aromatic N) is 3. The van der Waals surface area contributed by atoms with Crippen LogP contribution in [0.25, 0.3) is 0 Å². The van der Waals surface area contributed by atoms with E-state index in [-0.39, 0.29) is 18.9 Å². The largest absolute Gasteiger partial charge is 0.494 e. The van der Waals surface area contributed by atoms with Crippen molar-refractivity contribution in [3.63, 3.8) is 0 Å². The predicted octanol–water partition coefficient (Wildman–Crippen LogP) is 3.20. The van der Waals surface area contributed by atoms with Crippen LogP contribution in [0, 0.1) is 11.3 Å². The van der Waals surface area contributed by atoms with Crippen LogP contribution >= 0.6 is 0 Å². The van der Waals surface area contributed by atoms with Crippen LogP contribution in [0.3, 0.4) is 0 Å². The van der Waals surface area contributed by atoms with Crippen LogP contribution in [0.5, 0.6) is 5.75 Å². The summed E-state index contributed by atoms with van der Waals surface area (Å²) < 4.78 is 11.0. The van der Waals surface area contributed by atoms with Crippen LogP contribution in [-0.4, -0.2) is 54.6 Å². The third kappa shape index (κ3) is 6.24. The lowest BCUT2D eigenvalue weighted by molar-refractivity contribution is -0.130. The quantitative estimate of drug-likeness (QED) is 0.658. The van der Waals surface area contributed by atoms with Gasteiger partial charge in [0.1, 0.15) is 12.4 Å². The number of nitriles is 1. The molecule has 0 aromatic heterocycles. The maximum Gasteiger partial charge on any atom is 0.410 e. The highest BCUT2D eigenvalue weighted by Gasteiger charge is 2.24. The molecule has 2 aromatic rings. The molecule has 0 radical (unpaired) electrons. The summed E-state index contributed by atoms with van der Waals surface area (Å²) in [7, 11) is 0. The number of amides is 2. The molecule has 0 saturated carbocycles. The molecule has 1 aliphatic heterocycles.